The van der Waals surface area contributed by atoms with Crippen molar-refractivity contribution in [1.82, 2.24) is 9.47 Å². The van der Waals surface area contributed by atoms with Gasteiger partial charge in [0.05, 0.1) is 10.0 Å². The Labute approximate surface area is 145 Å². The lowest BCUT2D eigenvalue weighted by molar-refractivity contribution is 0.114. The Bertz CT molecular complexity index is 802. The van der Waals surface area contributed by atoms with Gasteiger partial charge in [0.25, 0.3) is 5.56 Å². The summed E-state index contributed by atoms with van der Waals surface area (Å²) in [5, 5.41) is 1.26. The van der Waals surface area contributed by atoms with E-state index in [1.54, 1.807) is 6.07 Å². The van der Waals surface area contributed by atoms with Crippen LogP contribution in [0, 0.1) is 5.92 Å². The summed E-state index contributed by atoms with van der Waals surface area (Å²) in [5.74, 6) is 0.952. The molecule has 0 radical (unpaired) electrons. The molecule has 3 nitrogen and oxygen atoms in total. The number of likely N-dealkylation sites (tertiary alicyclic amines) is 1. The zero-order valence-corrected chi connectivity index (χ0v) is 14.2. The molecular weight excluding hydrogens is 331 g/mol. The van der Waals surface area contributed by atoms with Crippen molar-refractivity contribution < 1.29 is 0 Å². The minimum absolute atomic E-state index is 0.128. The molecule has 2 aromatic rings. The number of fused-ring (bicyclic) bond motifs is 4. The van der Waals surface area contributed by atoms with Crippen LogP contribution in [0.1, 0.15) is 23.6 Å². The summed E-state index contributed by atoms with van der Waals surface area (Å²) in [7, 11) is 0. The number of halogens is 2. The van der Waals surface area contributed by atoms with Gasteiger partial charge in [-0.3, -0.25) is 9.69 Å². The average Bonchev–Trinajstić information content (AvgIpc) is 2.53. The molecule has 1 saturated heterocycles. The molecule has 1 fully saturated rings. The summed E-state index contributed by atoms with van der Waals surface area (Å²) >= 11 is 12.5. The standard InChI is InChI=1S/C18H18Cl2N2O/c19-15-4-1-3-13(18(15)20)10-21-8-12-7-14(11-21)16-5-2-6-17(23)22(16)9-12/h1-6,12,14H,7-11H2/t12-,14+/m0/s1. The third-order valence-corrected chi connectivity index (χ3v) is 5.84. The Balaban J connectivity index is 1.59. The van der Waals surface area contributed by atoms with Crippen LogP contribution < -0.4 is 5.56 Å². The predicted octanol–water partition coefficient (Wildman–Crippen LogP) is 3.77. The minimum Gasteiger partial charge on any atom is -0.312 e. The molecule has 23 heavy (non-hydrogen) atoms. The van der Waals surface area contributed by atoms with Gasteiger partial charge in [0, 0.05) is 43.9 Å². The van der Waals surface area contributed by atoms with Crippen LogP contribution in [-0.2, 0) is 13.1 Å². The Hall–Kier alpha value is -1.29. The minimum atomic E-state index is 0.128. The van der Waals surface area contributed by atoms with Gasteiger partial charge >= 0.3 is 0 Å². The lowest BCUT2D eigenvalue weighted by Gasteiger charge is -2.42. The highest BCUT2D eigenvalue weighted by molar-refractivity contribution is 6.42. The summed E-state index contributed by atoms with van der Waals surface area (Å²) in [6, 6.07) is 11.4. The molecule has 0 saturated carbocycles. The maximum atomic E-state index is 12.1. The Kier molecular flexibility index (Phi) is 3.96. The van der Waals surface area contributed by atoms with Crippen molar-refractivity contribution >= 4 is 23.2 Å². The number of aromatic nitrogens is 1. The van der Waals surface area contributed by atoms with E-state index in [9.17, 15) is 4.79 Å². The van der Waals surface area contributed by atoms with Crippen LogP contribution in [0.2, 0.25) is 10.0 Å². The van der Waals surface area contributed by atoms with Crippen LogP contribution in [-0.4, -0.2) is 22.6 Å². The van der Waals surface area contributed by atoms with E-state index in [1.165, 1.54) is 12.1 Å². The number of pyridine rings is 1. The van der Waals surface area contributed by atoms with Crippen LogP contribution in [0.5, 0.6) is 0 Å². The number of benzene rings is 1. The van der Waals surface area contributed by atoms with Crippen LogP contribution in [0.25, 0.3) is 0 Å². The molecule has 2 bridgehead atoms. The molecule has 0 unspecified atom stereocenters. The molecule has 0 aliphatic carbocycles. The number of piperidine rings is 1. The molecule has 3 heterocycles. The van der Waals surface area contributed by atoms with Crippen molar-refractivity contribution in [2.75, 3.05) is 13.1 Å². The van der Waals surface area contributed by atoms with E-state index in [4.69, 9.17) is 23.2 Å². The van der Waals surface area contributed by atoms with E-state index in [2.05, 4.69) is 11.0 Å². The van der Waals surface area contributed by atoms with Crippen LogP contribution in [0.15, 0.2) is 41.2 Å². The van der Waals surface area contributed by atoms with Gasteiger partial charge in [-0.05, 0) is 30.0 Å². The first-order valence-electron chi connectivity index (χ1n) is 7.97. The van der Waals surface area contributed by atoms with E-state index in [0.29, 0.717) is 21.9 Å². The lowest BCUT2D eigenvalue weighted by Crippen LogP contribution is -2.46. The van der Waals surface area contributed by atoms with Crippen LogP contribution in [0.3, 0.4) is 0 Å². The average molecular weight is 349 g/mol. The van der Waals surface area contributed by atoms with Crippen molar-refractivity contribution in [1.29, 1.82) is 0 Å². The van der Waals surface area contributed by atoms with Crippen molar-refractivity contribution in [3.05, 3.63) is 68.1 Å². The number of rotatable bonds is 2. The second kappa shape index (κ2) is 5.97. The number of nitrogens with zero attached hydrogens (tertiary/aromatic N) is 2. The van der Waals surface area contributed by atoms with E-state index < -0.39 is 0 Å². The summed E-state index contributed by atoms with van der Waals surface area (Å²) in [6.07, 6.45) is 1.17. The zero-order valence-electron chi connectivity index (χ0n) is 12.7. The molecule has 120 valence electrons. The molecule has 0 spiro atoms. The second-order valence-electron chi connectivity index (χ2n) is 6.61. The van der Waals surface area contributed by atoms with E-state index >= 15 is 0 Å². The van der Waals surface area contributed by atoms with Gasteiger partial charge in [0.15, 0.2) is 0 Å². The first-order chi connectivity index (χ1) is 11.1. The highest BCUT2D eigenvalue weighted by Gasteiger charge is 2.34. The summed E-state index contributed by atoms with van der Waals surface area (Å²) in [5.41, 5.74) is 2.38. The highest BCUT2D eigenvalue weighted by Crippen LogP contribution is 2.36. The van der Waals surface area contributed by atoms with Gasteiger partial charge in [0.1, 0.15) is 0 Å². The third kappa shape index (κ3) is 2.82. The Morgan fingerprint density at radius 2 is 1.87 bits per heavy atom. The summed E-state index contributed by atoms with van der Waals surface area (Å²) in [4.78, 5) is 14.5. The molecular formula is C18H18Cl2N2O. The van der Waals surface area contributed by atoms with E-state index in [-0.39, 0.29) is 5.56 Å². The van der Waals surface area contributed by atoms with Crippen molar-refractivity contribution in [3.63, 3.8) is 0 Å². The lowest BCUT2D eigenvalue weighted by atomic mass is 9.83. The van der Waals surface area contributed by atoms with Crippen molar-refractivity contribution in [2.45, 2.75) is 25.4 Å². The predicted molar refractivity (Wildman–Crippen MR) is 93.3 cm³/mol. The smallest absolute Gasteiger partial charge is 0.250 e. The van der Waals surface area contributed by atoms with E-state index in [0.717, 1.165) is 31.7 Å². The topological polar surface area (TPSA) is 25.2 Å². The van der Waals surface area contributed by atoms with Gasteiger partial charge in [-0.25, -0.2) is 0 Å². The molecule has 5 heteroatoms. The fourth-order valence-corrected chi connectivity index (χ4v) is 4.42. The van der Waals surface area contributed by atoms with Gasteiger partial charge in [-0.1, -0.05) is 41.4 Å². The molecule has 2 aliphatic rings. The fourth-order valence-electron chi connectivity index (χ4n) is 4.04. The molecule has 2 atom stereocenters. The largest absolute Gasteiger partial charge is 0.312 e. The molecule has 1 aromatic heterocycles. The quantitative estimate of drug-likeness (QED) is 0.825. The van der Waals surface area contributed by atoms with Gasteiger partial charge in [-0.2, -0.15) is 0 Å². The third-order valence-electron chi connectivity index (χ3n) is 4.98. The summed E-state index contributed by atoms with van der Waals surface area (Å²) < 4.78 is 1.96. The molecule has 0 amide bonds. The Morgan fingerprint density at radius 3 is 2.74 bits per heavy atom. The second-order valence-corrected chi connectivity index (χ2v) is 7.39. The normalized spacial score (nSPS) is 23.6. The van der Waals surface area contributed by atoms with Crippen LogP contribution >= 0.6 is 23.2 Å². The SMILES string of the molecule is O=c1cccc2n1C[C@H]1C[C@@H]2CN(Cc2cccc(Cl)c2Cl)C1. The zero-order chi connectivity index (χ0) is 16.0. The molecule has 4 rings (SSSR count). The number of hydrogen-bond donors (Lipinski definition) is 0. The highest BCUT2D eigenvalue weighted by atomic mass is 35.5. The van der Waals surface area contributed by atoms with Crippen molar-refractivity contribution in [2.24, 2.45) is 5.92 Å². The molecule has 1 aromatic carbocycles. The molecule has 0 N–H and O–H groups in total. The van der Waals surface area contributed by atoms with Crippen molar-refractivity contribution in [3.8, 4) is 0 Å². The van der Waals surface area contributed by atoms with Gasteiger partial charge < -0.3 is 4.57 Å². The van der Waals surface area contributed by atoms with Gasteiger partial charge in [-0.15, -0.1) is 0 Å². The van der Waals surface area contributed by atoms with E-state index in [1.807, 2.05) is 28.8 Å². The summed E-state index contributed by atoms with van der Waals surface area (Å²) in [6.45, 7) is 3.59. The van der Waals surface area contributed by atoms with Gasteiger partial charge in [0.2, 0.25) is 0 Å². The number of hydrogen-bond acceptors (Lipinski definition) is 2. The maximum absolute atomic E-state index is 12.1. The molecule has 2 aliphatic heterocycles. The Morgan fingerprint density at radius 1 is 1.04 bits per heavy atom. The first-order valence-corrected chi connectivity index (χ1v) is 8.72. The van der Waals surface area contributed by atoms with Crippen LogP contribution in [0.4, 0.5) is 0 Å². The maximum Gasteiger partial charge on any atom is 0.250 e. The monoisotopic (exact) mass is 348 g/mol. The first kappa shape index (κ1) is 15.3. The fraction of sp³-hybridized carbons (Fsp3) is 0.389.